The van der Waals surface area contributed by atoms with Crippen LogP contribution in [0.5, 0.6) is 0 Å². The van der Waals surface area contributed by atoms with Crippen LogP contribution in [-0.2, 0) is 9.47 Å². The molecule has 0 spiro atoms. The van der Waals surface area contributed by atoms with Crippen LogP contribution in [-0.4, -0.2) is 19.4 Å². The standard InChI is InChI=1S/C12H22O3/c1-9(15-11(13)14-4)10-6-5-7-12(2,3)8-10/h9-10H,5-8H2,1-4H3. The van der Waals surface area contributed by atoms with Gasteiger partial charge in [-0.25, -0.2) is 4.79 Å². The van der Waals surface area contributed by atoms with Gasteiger partial charge in [0.2, 0.25) is 0 Å². The lowest BCUT2D eigenvalue weighted by atomic mass is 9.71. The van der Waals surface area contributed by atoms with Crippen LogP contribution in [0.2, 0.25) is 0 Å². The zero-order valence-electron chi connectivity index (χ0n) is 10.2. The van der Waals surface area contributed by atoms with Crippen molar-refractivity contribution in [2.24, 2.45) is 11.3 Å². The van der Waals surface area contributed by atoms with Crippen LogP contribution in [0, 0.1) is 11.3 Å². The van der Waals surface area contributed by atoms with Gasteiger partial charge in [-0.2, -0.15) is 0 Å². The van der Waals surface area contributed by atoms with Crippen LogP contribution in [0.25, 0.3) is 0 Å². The molecule has 3 heteroatoms. The lowest BCUT2D eigenvalue weighted by Gasteiger charge is -2.37. The number of rotatable bonds is 2. The summed E-state index contributed by atoms with van der Waals surface area (Å²) in [7, 11) is 1.35. The Balaban J connectivity index is 2.45. The maximum atomic E-state index is 11.0. The molecule has 1 aliphatic carbocycles. The van der Waals surface area contributed by atoms with Gasteiger partial charge in [0.25, 0.3) is 0 Å². The van der Waals surface area contributed by atoms with Gasteiger partial charge in [0.1, 0.15) is 6.10 Å². The molecule has 15 heavy (non-hydrogen) atoms. The Morgan fingerprint density at radius 1 is 1.47 bits per heavy atom. The SMILES string of the molecule is COC(=O)OC(C)C1CCCC(C)(C)C1. The van der Waals surface area contributed by atoms with Crippen LogP contribution in [0.1, 0.15) is 46.5 Å². The van der Waals surface area contributed by atoms with Gasteiger partial charge in [-0.1, -0.05) is 20.3 Å². The van der Waals surface area contributed by atoms with Crippen LogP contribution in [0.4, 0.5) is 4.79 Å². The van der Waals surface area contributed by atoms with Crippen LogP contribution in [0.15, 0.2) is 0 Å². The quantitative estimate of drug-likeness (QED) is 0.661. The van der Waals surface area contributed by atoms with E-state index in [-0.39, 0.29) is 6.10 Å². The molecule has 0 heterocycles. The van der Waals surface area contributed by atoms with Gasteiger partial charge in [0.05, 0.1) is 7.11 Å². The van der Waals surface area contributed by atoms with E-state index in [4.69, 9.17) is 4.74 Å². The summed E-state index contributed by atoms with van der Waals surface area (Å²) in [6.45, 7) is 6.52. The van der Waals surface area contributed by atoms with Gasteiger partial charge in [0, 0.05) is 0 Å². The van der Waals surface area contributed by atoms with Crippen molar-refractivity contribution in [3.05, 3.63) is 0 Å². The van der Waals surface area contributed by atoms with Gasteiger partial charge in [-0.05, 0) is 37.5 Å². The highest BCUT2D eigenvalue weighted by Crippen LogP contribution is 2.40. The predicted octanol–water partition coefficient (Wildman–Crippen LogP) is 3.37. The van der Waals surface area contributed by atoms with E-state index in [0.29, 0.717) is 11.3 Å². The topological polar surface area (TPSA) is 35.5 Å². The molecule has 0 N–H and O–H groups in total. The Labute approximate surface area is 92.1 Å². The minimum Gasteiger partial charge on any atom is -0.438 e. The van der Waals surface area contributed by atoms with Crippen molar-refractivity contribution in [2.45, 2.75) is 52.6 Å². The number of ether oxygens (including phenoxy) is 2. The first kappa shape index (κ1) is 12.3. The molecular formula is C12H22O3. The van der Waals surface area contributed by atoms with Crippen LogP contribution >= 0.6 is 0 Å². The van der Waals surface area contributed by atoms with Crippen molar-refractivity contribution in [1.29, 1.82) is 0 Å². The van der Waals surface area contributed by atoms with Gasteiger partial charge >= 0.3 is 6.16 Å². The molecule has 0 radical (unpaired) electrons. The first-order valence-corrected chi connectivity index (χ1v) is 5.69. The molecule has 1 rings (SSSR count). The first-order valence-electron chi connectivity index (χ1n) is 5.69. The molecule has 0 aromatic rings. The highest BCUT2D eigenvalue weighted by Gasteiger charge is 2.32. The molecule has 2 unspecified atom stereocenters. The van der Waals surface area contributed by atoms with Crippen molar-refractivity contribution in [3.63, 3.8) is 0 Å². The fourth-order valence-corrected chi connectivity index (χ4v) is 2.45. The van der Waals surface area contributed by atoms with Crippen molar-refractivity contribution >= 4 is 6.16 Å². The molecule has 0 aromatic heterocycles. The number of hydrogen-bond acceptors (Lipinski definition) is 3. The third kappa shape index (κ3) is 3.73. The van der Waals surface area contributed by atoms with Crippen LogP contribution in [0.3, 0.4) is 0 Å². The third-order valence-corrected chi connectivity index (χ3v) is 3.36. The van der Waals surface area contributed by atoms with E-state index in [1.54, 1.807) is 0 Å². The molecule has 0 saturated heterocycles. The van der Waals surface area contributed by atoms with Crippen molar-refractivity contribution in [2.75, 3.05) is 7.11 Å². The van der Waals surface area contributed by atoms with E-state index in [9.17, 15) is 4.79 Å². The molecule has 1 saturated carbocycles. The summed E-state index contributed by atoms with van der Waals surface area (Å²) < 4.78 is 9.67. The molecule has 0 aliphatic heterocycles. The Bertz CT molecular complexity index is 223. The van der Waals surface area contributed by atoms with Gasteiger partial charge in [0.15, 0.2) is 0 Å². The smallest absolute Gasteiger partial charge is 0.438 e. The Kier molecular flexibility index (Phi) is 4.00. The van der Waals surface area contributed by atoms with E-state index in [2.05, 4.69) is 18.6 Å². The van der Waals surface area contributed by atoms with E-state index in [0.717, 1.165) is 12.8 Å². The molecule has 3 nitrogen and oxygen atoms in total. The second-order valence-electron chi connectivity index (χ2n) is 5.30. The summed E-state index contributed by atoms with van der Waals surface area (Å²) in [5, 5.41) is 0. The molecule has 1 aliphatic rings. The molecule has 0 aromatic carbocycles. The highest BCUT2D eigenvalue weighted by atomic mass is 16.7. The molecule has 0 amide bonds. The van der Waals surface area contributed by atoms with Gasteiger partial charge < -0.3 is 9.47 Å². The Morgan fingerprint density at radius 2 is 2.13 bits per heavy atom. The minimum atomic E-state index is -0.564. The first-order chi connectivity index (χ1) is 6.94. The zero-order valence-corrected chi connectivity index (χ0v) is 10.2. The second kappa shape index (κ2) is 4.86. The predicted molar refractivity (Wildman–Crippen MR) is 58.7 cm³/mol. The summed E-state index contributed by atoms with van der Waals surface area (Å²) in [5.74, 6) is 0.479. The van der Waals surface area contributed by atoms with Crippen LogP contribution < -0.4 is 0 Å². The van der Waals surface area contributed by atoms with E-state index in [1.807, 2.05) is 6.92 Å². The third-order valence-electron chi connectivity index (χ3n) is 3.36. The molecule has 88 valence electrons. The second-order valence-corrected chi connectivity index (χ2v) is 5.30. The fraction of sp³-hybridized carbons (Fsp3) is 0.917. The van der Waals surface area contributed by atoms with E-state index >= 15 is 0 Å². The average molecular weight is 214 g/mol. The normalized spacial score (nSPS) is 26.8. The summed E-state index contributed by atoms with van der Waals surface area (Å²) in [5.41, 5.74) is 0.386. The average Bonchev–Trinajstić information content (AvgIpc) is 2.16. The lowest BCUT2D eigenvalue weighted by Crippen LogP contribution is -2.32. The summed E-state index contributed by atoms with van der Waals surface area (Å²) >= 11 is 0. The maximum absolute atomic E-state index is 11.0. The monoisotopic (exact) mass is 214 g/mol. The van der Waals surface area contributed by atoms with E-state index in [1.165, 1.54) is 20.0 Å². The molecular weight excluding hydrogens is 192 g/mol. The molecule has 1 fully saturated rings. The number of methoxy groups -OCH3 is 1. The number of carbonyl (C=O) groups is 1. The minimum absolute atomic E-state index is 0.0305. The maximum Gasteiger partial charge on any atom is 0.508 e. The Morgan fingerprint density at radius 3 is 2.67 bits per heavy atom. The highest BCUT2D eigenvalue weighted by molar-refractivity contribution is 5.59. The largest absolute Gasteiger partial charge is 0.508 e. The van der Waals surface area contributed by atoms with Gasteiger partial charge in [-0.3, -0.25) is 0 Å². The fourth-order valence-electron chi connectivity index (χ4n) is 2.45. The van der Waals surface area contributed by atoms with Crippen molar-refractivity contribution in [1.82, 2.24) is 0 Å². The van der Waals surface area contributed by atoms with E-state index < -0.39 is 6.16 Å². The zero-order chi connectivity index (χ0) is 11.5. The molecule has 0 bridgehead atoms. The molecule has 2 atom stereocenters. The Hall–Kier alpha value is -0.730. The number of hydrogen-bond donors (Lipinski definition) is 0. The summed E-state index contributed by atoms with van der Waals surface area (Å²) in [6.07, 6.45) is 4.19. The van der Waals surface area contributed by atoms with Crippen molar-refractivity contribution in [3.8, 4) is 0 Å². The summed E-state index contributed by atoms with van der Waals surface area (Å²) in [6, 6.07) is 0. The van der Waals surface area contributed by atoms with Crippen molar-refractivity contribution < 1.29 is 14.3 Å². The van der Waals surface area contributed by atoms with Gasteiger partial charge in [-0.15, -0.1) is 0 Å². The lowest BCUT2D eigenvalue weighted by molar-refractivity contribution is -0.000713. The summed E-state index contributed by atoms with van der Waals surface area (Å²) in [4.78, 5) is 11.0. The number of carbonyl (C=O) groups excluding carboxylic acids is 1.